The maximum atomic E-state index is 11.7. The van der Waals surface area contributed by atoms with Crippen molar-refractivity contribution in [1.82, 2.24) is 15.5 Å². The van der Waals surface area contributed by atoms with Gasteiger partial charge < -0.3 is 25.2 Å². The van der Waals surface area contributed by atoms with E-state index in [1.54, 1.807) is 0 Å². The van der Waals surface area contributed by atoms with Crippen LogP contribution in [0.2, 0.25) is 0 Å². The SMILES string of the molecule is CC(C)(C)OC(=O)NC1CN(C[C@@H](O)CNC(=O)OCc2ccccc2)C1. The van der Waals surface area contributed by atoms with Gasteiger partial charge in [-0.1, -0.05) is 30.3 Å². The van der Waals surface area contributed by atoms with Crippen LogP contribution in [0, 0.1) is 0 Å². The van der Waals surface area contributed by atoms with Crippen LogP contribution < -0.4 is 10.6 Å². The monoisotopic (exact) mass is 379 g/mol. The van der Waals surface area contributed by atoms with Crippen molar-refractivity contribution >= 4 is 12.2 Å². The maximum absolute atomic E-state index is 11.7. The van der Waals surface area contributed by atoms with Crippen molar-refractivity contribution in [3.63, 3.8) is 0 Å². The molecule has 0 unspecified atom stereocenters. The third kappa shape index (κ3) is 8.27. The molecule has 1 fully saturated rings. The highest BCUT2D eigenvalue weighted by molar-refractivity contribution is 5.68. The molecule has 1 aromatic rings. The first kappa shape index (κ1) is 21.0. The molecular weight excluding hydrogens is 350 g/mol. The fourth-order valence-electron chi connectivity index (χ4n) is 2.62. The molecule has 1 saturated heterocycles. The van der Waals surface area contributed by atoms with E-state index in [2.05, 4.69) is 10.6 Å². The normalized spacial score (nSPS) is 16.1. The van der Waals surface area contributed by atoms with E-state index in [1.807, 2.05) is 56.0 Å². The van der Waals surface area contributed by atoms with Crippen LogP contribution in [-0.2, 0) is 16.1 Å². The van der Waals surface area contributed by atoms with E-state index in [0.717, 1.165) is 5.56 Å². The molecular formula is C19H29N3O5. The Labute approximate surface area is 159 Å². The Hall–Kier alpha value is -2.32. The minimum absolute atomic E-state index is 0.0100. The number of nitrogens with zero attached hydrogens (tertiary/aromatic N) is 1. The molecule has 8 nitrogen and oxygen atoms in total. The molecule has 150 valence electrons. The Bertz CT molecular complexity index is 612. The molecule has 1 aliphatic rings. The standard InChI is InChI=1S/C19H29N3O5/c1-19(2,3)27-18(25)21-15-10-22(11-15)12-16(23)9-20-17(24)26-13-14-7-5-4-6-8-14/h4-8,15-16,23H,9-13H2,1-3H3,(H,20,24)(H,21,25)/t16-/m0/s1. The largest absolute Gasteiger partial charge is 0.445 e. The van der Waals surface area contributed by atoms with E-state index in [-0.39, 0.29) is 19.2 Å². The summed E-state index contributed by atoms with van der Waals surface area (Å²) >= 11 is 0. The molecule has 0 spiro atoms. The molecule has 1 atom stereocenters. The topological polar surface area (TPSA) is 100 Å². The number of hydrogen-bond acceptors (Lipinski definition) is 6. The summed E-state index contributed by atoms with van der Waals surface area (Å²) in [6, 6.07) is 9.39. The van der Waals surface area contributed by atoms with Gasteiger partial charge in [0.05, 0.1) is 12.1 Å². The Kier molecular flexibility index (Phi) is 7.44. The van der Waals surface area contributed by atoms with Crippen molar-refractivity contribution < 1.29 is 24.2 Å². The summed E-state index contributed by atoms with van der Waals surface area (Å²) < 4.78 is 10.3. The van der Waals surface area contributed by atoms with E-state index in [1.165, 1.54) is 0 Å². The summed E-state index contributed by atoms with van der Waals surface area (Å²) in [5.41, 5.74) is 0.377. The zero-order valence-corrected chi connectivity index (χ0v) is 16.1. The number of benzene rings is 1. The van der Waals surface area contributed by atoms with Gasteiger partial charge in [0.25, 0.3) is 0 Å². The fourth-order valence-corrected chi connectivity index (χ4v) is 2.62. The molecule has 1 aromatic carbocycles. The zero-order chi connectivity index (χ0) is 19.9. The molecule has 8 heteroatoms. The van der Waals surface area contributed by atoms with Crippen LogP contribution in [0.5, 0.6) is 0 Å². The smallest absolute Gasteiger partial charge is 0.407 e. The lowest BCUT2D eigenvalue weighted by Crippen LogP contribution is -2.61. The van der Waals surface area contributed by atoms with Crippen molar-refractivity contribution in [2.24, 2.45) is 0 Å². The van der Waals surface area contributed by atoms with Gasteiger partial charge in [-0.2, -0.15) is 0 Å². The highest BCUT2D eigenvalue weighted by Crippen LogP contribution is 2.11. The van der Waals surface area contributed by atoms with Gasteiger partial charge in [-0.05, 0) is 26.3 Å². The van der Waals surface area contributed by atoms with Crippen molar-refractivity contribution in [1.29, 1.82) is 0 Å². The van der Waals surface area contributed by atoms with Gasteiger partial charge in [-0.15, -0.1) is 0 Å². The van der Waals surface area contributed by atoms with Gasteiger partial charge in [0.2, 0.25) is 0 Å². The minimum atomic E-state index is -0.711. The highest BCUT2D eigenvalue weighted by Gasteiger charge is 2.30. The van der Waals surface area contributed by atoms with Crippen molar-refractivity contribution in [2.45, 2.75) is 45.1 Å². The van der Waals surface area contributed by atoms with Crippen molar-refractivity contribution in [3.05, 3.63) is 35.9 Å². The van der Waals surface area contributed by atoms with Gasteiger partial charge in [0.15, 0.2) is 0 Å². The summed E-state index contributed by atoms with van der Waals surface area (Å²) in [5, 5.41) is 15.3. The summed E-state index contributed by atoms with van der Waals surface area (Å²) in [7, 11) is 0. The number of rotatable bonds is 7. The molecule has 0 aliphatic carbocycles. The number of aliphatic hydroxyl groups is 1. The lowest BCUT2D eigenvalue weighted by molar-refractivity contribution is 0.0296. The van der Waals surface area contributed by atoms with Gasteiger partial charge in [0, 0.05) is 26.2 Å². The number of β-amino-alcohol motifs (C(OH)–C–C–N with tert-alkyl or cyclic N) is 1. The number of amides is 2. The number of hydrogen-bond donors (Lipinski definition) is 3. The second-order valence-corrected chi connectivity index (χ2v) is 7.66. The van der Waals surface area contributed by atoms with Crippen molar-refractivity contribution in [2.75, 3.05) is 26.2 Å². The number of carbonyl (C=O) groups is 2. The third-order valence-corrected chi connectivity index (χ3v) is 3.84. The van der Waals surface area contributed by atoms with Crippen LogP contribution in [0.25, 0.3) is 0 Å². The first-order valence-electron chi connectivity index (χ1n) is 9.06. The maximum Gasteiger partial charge on any atom is 0.407 e. The predicted molar refractivity (Wildman–Crippen MR) is 100 cm³/mol. The highest BCUT2D eigenvalue weighted by atomic mass is 16.6. The number of likely N-dealkylation sites (tertiary alicyclic amines) is 1. The average Bonchev–Trinajstić information content (AvgIpc) is 2.55. The minimum Gasteiger partial charge on any atom is -0.445 e. The lowest BCUT2D eigenvalue weighted by atomic mass is 10.1. The van der Waals surface area contributed by atoms with E-state index in [0.29, 0.717) is 19.6 Å². The van der Waals surface area contributed by atoms with Crippen molar-refractivity contribution in [3.8, 4) is 0 Å². The summed E-state index contributed by atoms with van der Waals surface area (Å²) in [5.74, 6) is 0. The van der Waals surface area contributed by atoms with E-state index in [9.17, 15) is 14.7 Å². The fraction of sp³-hybridized carbons (Fsp3) is 0.579. The molecule has 0 bridgehead atoms. The number of carbonyl (C=O) groups excluding carboxylic acids is 2. The van der Waals surface area contributed by atoms with Crippen LogP contribution in [0.15, 0.2) is 30.3 Å². The number of nitrogens with one attached hydrogen (secondary N) is 2. The number of aliphatic hydroxyl groups excluding tert-OH is 1. The Morgan fingerprint density at radius 1 is 1.22 bits per heavy atom. The Morgan fingerprint density at radius 2 is 1.89 bits per heavy atom. The molecule has 0 radical (unpaired) electrons. The quantitative estimate of drug-likeness (QED) is 0.664. The van der Waals surface area contributed by atoms with Gasteiger partial charge in [-0.3, -0.25) is 4.90 Å². The van der Waals surface area contributed by atoms with E-state index < -0.39 is 23.9 Å². The van der Waals surface area contributed by atoms with Crippen LogP contribution >= 0.6 is 0 Å². The summed E-state index contributed by atoms with van der Waals surface area (Å²) in [6.07, 6.45) is -1.71. The predicted octanol–water partition coefficient (Wildman–Crippen LogP) is 1.48. The molecule has 2 rings (SSSR count). The summed E-state index contributed by atoms with van der Waals surface area (Å²) in [4.78, 5) is 25.3. The summed E-state index contributed by atoms with van der Waals surface area (Å²) in [6.45, 7) is 7.41. The molecule has 0 aromatic heterocycles. The Morgan fingerprint density at radius 3 is 2.52 bits per heavy atom. The Balaban J connectivity index is 1.54. The number of alkyl carbamates (subject to hydrolysis) is 2. The van der Waals surface area contributed by atoms with Crippen LogP contribution in [0.4, 0.5) is 9.59 Å². The third-order valence-electron chi connectivity index (χ3n) is 3.84. The average molecular weight is 379 g/mol. The first-order valence-corrected chi connectivity index (χ1v) is 9.06. The van der Waals surface area contributed by atoms with E-state index >= 15 is 0 Å². The van der Waals surface area contributed by atoms with Gasteiger partial charge >= 0.3 is 12.2 Å². The second-order valence-electron chi connectivity index (χ2n) is 7.66. The van der Waals surface area contributed by atoms with Gasteiger partial charge in [0.1, 0.15) is 12.2 Å². The van der Waals surface area contributed by atoms with Crippen LogP contribution in [0.1, 0.15) is 26.3 Å². The first-order chi connectivity index (χ1) is 12.7. The molecule has 1 aliphatic heterocycles. The molecule has 2 amide bonds. The molecule has 27 heavy (non-hydrogen) atoms. The van der Waals surface area contributed by atoms with Gasteiger partial charge in [-0.25, -0.2) is 9.59 Å². The molecule has 3 N–H and O–H groups in total. The molecule has 0 saturated carbocycles. The lowest BCUT2D eigenvalue weighted by Gasteiger charge is -2.40. The van der Waals surface area contributed by atoms with Crippen LogP contribution in [0.3, 0.4) is 0 Å². The van der Waals surface area contributed by atoms with E-state index in [4.69, 9.17) is 9.47 Å². The second kappa shape index (κ2) is 9.57. The zero-order valence-electron chi connectivity index (χ0n) is 16.1. The number of ether oxygens (including phenoxy) is 2. The van der Waals surface area contributed by atoms with Crippen LogP contribution in [-0.4, -0.2) is 66.1 Å². The molecule has 1 heterocycles.